The van der Waals surface area contributed by atoms with E-state index in [-0.39, 0.29) is 17.7 Å². The molecule has 0 aliphatic heterocycles. The Morgan fingerprint density at radius 2 is 2.04 bits per heavy atom. The molecule has 0 saturated heterocycles. The van der Waals surface area contributed by atoms with Gasteiger partial charge < -0.3 is 14.2 Å². The highest BCUT2D eigenvalue weighted by molar-refractivity contribution is 7.99. The maximum atomic E-state index is 12.3. The number of hydrogen-bond acceptors (Lipinski definition) is 6. The summed E-state index contributed by atoms with van der Waals surface area (Å²) in [5.41, 5.74) is 1.18. The van der Waals surface area contributed by atoms with Crippen molar-refractivity contribution in [2.75, 3.05) is 5.75 Å². The van der Waals surface area contributed by atoms with Gasteiger partial charge in [-0.3, -0.25) is 4.79 Å². The SMILES string of the molecule is CCC(C)(C)C1CCC(NC(=O)CSc2nnc(-c3ccoc3C)o2)CC1. The summed E-state index contributed by atoms with van der Waals surface area (Å²) in [6.07, 6.45) is 7.30. The number of aromatic nitrogens is 2. The van der Waals surface area contributed by atoms with E-state index in [9.17, 15) is 4.79 Å². The molecular weight excluding hydrogens is 362 g/mol. The van der Waals surface area contributed by atoms with Crippen LogP contribution in [0.1, 0.15) is 58.6 Å². The van der Waals surface area contributed by atoms with Gasteiger partial charge >= 0.3 is 0 Å². The molecule has 1 aliphatic rings. The van der Waals surface area contributed by atoms with Gasteiger partial charge in [0.15, 0.2) is 0 Å². The minimum absolute atomic E-state index is 0.0254. The van der Waals surface area contributed by atoms with E-state index in [0.717, 1.165) is 30.1 Å². The summed E-state index contributed by atoms with van der Waals surface area (Å²) in [7, 11) is 0. The van der Waals surface area contributed by atoms with Crippen molar-refractivity contribution in [1.82, 2.24) is 15.5 Å². The lowest BCUT2D eigenvalue weighted by Crippen LogP contribution is -2.40. The van der Waals surface area contributed by atoms with Crippen molar-refractivity contribution in [3.05, 3.63) is 18.1 Å². The Hall–Kier alpha value is -1.76. The quantitative estimate of drug-likeness (QED) is 0.680. The fraction of sp³-hybridized carbons (Fsp3) is 0.650. The highest BCUT2D eigenvalue weighted by Gasteiger charge is 2.32. The summed E-state index contributed by atoms with van der Waals surface area (Å²) in [6, 6.07) is 2.08. The number of carbonyl (C=O) groups excluding carboxylic acids is 1. The maximum Gasteiger partial charge on any atom is 0.277 e. The van der Waals surface area contributed by atoms with Gasteiger partial charge in [0.2, 0.25) is 5.91 Å². The largest absolute Gasteiger partial charge is 0.469 e. The Balaban J connectivity index is 1.43. The molecule has 0 atom stereocenters. The van der Waals surface area contributed by atoms with Crippen molar-refractivity contribution in [3.63, 3.8) is 0 Å². The summed E-state index contributed by atoms with van der Waals surface area (Å²) in [5, 5.41) is 11.6. The minimum atomic E-state index is 0.0254. The van der Waals surface area contributed by atoms with Crippen LogP contribution >= 0.6 is 11.8 Å². The van der Waals surface area contributed by atoms with E-state index < -0.39 is 0 Å². The lowest BCUT2D eigenvalue weighted by Gasteiger charge is -2.39. The van der Waals surface area contributed by atoms with Gasteiger partial charge in [-0.25, -0.2) is 0 Å². The van der Waals surface area contributed by atoms with Crippen molar-refractivity contribution in [1.29, 1.82) is 0 Å². The average Bonchev–Trinajstić information content (AvgIpc) is 3.29. The van der Waals surface area contributed by atoms with E-state index >= 15 is 0 Å². The summed E-state index contributed by atoms with van der Waals surface area (Å²) in [4.78, 5) is 12.3. The third-order valence-corrected chi connectivity index (χ3v) is 6.75. The van der Waals surface area contributed by atoms with Crippen LogP contribution in [0, 0.1) is 18.3 Å². The third-order valence-electron chi connectivity index (χ3n) is 5.93. The van der Waals surface area contributed by atoms with Gasteiger partial charge in [-0.2, -0.15) is 0 Å². The van der Waals surface area contributed by atoms with Crippen molar-refractivity contribution < 1.29 is 13.6 Å². The lowest BCUT2D eigenvalue weighted by atomic mass is 9.69. The molecule has 0 spiro atoms. The highest BCUT2D eigenvalue weighted by Crippen LogP contribution is 2.40. The van der Waals surface area contributed by atoms with Gasteiger partial charge in [0, 0.05) is 6.04 Å². The zero-order chi connectivity index (χ0) is 19.4. The van der Waals surface area contributed by atoms with Crippen LogP contribution in [0.25, 0.3) is 11.5 Å². The van der Waals surface area contributed by atoms with E-state index in [4.69, 9.17) is 8.83 Å². The lowest BCUT2D eigenvalue weighted by molar-refractivity contribution is -0.119. The van der Waals surface area contributed by atoms with Crippen LogP contribution in [0.5, 0.6) is 0 Å². The molecular formula is C20H29N3O3S. The first-order valence-electron chi connectivity index (χ1n) is 9.69. The Morgan fingerprint density at radius 3 is 2.67 bits per heavy atom. The fourth-order valence-corrected chi connectivity index (χ4v) is 4.26. The molecule has 0 aromatic carbocycles. The summed E-state index contributed by atoms with van der Waals surface area (Å²) in [5.74, 6) is 2.22. The molecule has 1 saturated carbocycles. The topological polar surface area (TPSA) is 81.2 Å². The van der Waals surface area contributed by atoms with Crippen LogP contribution in [-0.2, 0) is 4.79 Å². The molecule has 1 fully saturated rings. The van der Waals surface area contributed by atoms with Gasteiger partial charge in [0.25, 0.3) is 11.1 Å². The molecule has 1 aliphatic carbocycles. The molecule has 1 amide bonds. The van der Waals surface area contributed by atoms with Crippen LogP contribution in [0.2, 0.25) is 0 Å². The molecule has 7 heteroatoms. The van der Waals surface area contributed by atoms with Crippen molar-refractivity contribution >= 4 is 17.7 Å². The molecule has 148 valence electrons. The Morgan fingerprint density at radius 1 is 1.30 bits per heavy atom. The second-order valence-electron chi connectivity index (χ2n) is 8.01. The van der Waals surface area contributed by atoms with Crippen molar-refractivity contribution in [2.24, 2.45) is 11.3 Å². The van der Waals surface area contributed by atoms with E-state index in [1.807, 2.05) is 6.92 Å². The number of amides is 1. The minimum Gasteiger partial charge on any atom is -0.469 e. The number of hydrogen-bond donors (Lipinski definition) is 1. The summed E-state index contributed by atoms with van der Waals surface area (Å²) in [6.45, 7) is 8.83. The van der Waals surface area contributed by atoms with Gasteiger partial charge in [0.1, 0.15) is 5.76 Å². The molecule has 2 heterocycles. The number of carbonyl (C=O) groups is 1. The van der Waals surface area contributed by atoms with E-state index in [1.54, 1.807) is 12.3 Å². The van der Waals surface area contributed by atoms with Crippen molar-refractivity contribution in [2.45, 2.75) is 71.1 Å². The maximum absolute atomic E-state index is 12.3. The van der Waals surface area contributed by atoms with Gasteiger partial charge in [-0.15, -0.1) is 10.2 Å². The standard InChI is InChI=1S/C20H29N3O3S/c1-5-20(3,4)14-6-8-15(9-7-14)21-17(24)12-27-19-23-22-18(26-19)16-10-11-25-13(16)2/h10-11,14-15H,5-9,12H2,1-4H3,(H,21,24). The molecule has 2 aromatic heterocycles. The Kier molecular flexibility index (Phi) is 6.29. The Bertz CT molecular complexity index is 760. The first kappa shape index (κ1) is 20.0. The molecule has 27 heavy (non-hydrogen) atoms. The predicted molar refractivity (Wildman–Crippen MR) is 105 cm³/mol. The van der Waals surface area contributed by atoms with Gasteiger partial charge in [-0.05, 0) is 50.0 Å². The molecule has 3 rings (SSSR count). The first-order chi connectivity index (χ1) is 12.9. The summed E-state index contributed by atoms with van der Waals surface area (Å²) >= 11 is 1.27. The second-order valence-corrected chi connectivity index (χ2v) is 8.94. The molecule has 2 aromatic rings. The average molecular weight is 392 g/mol. The van der Waals surface area contributed by atoms with Crippen LogP contribution in [-0.4, -0.2) is 27.9 Å². The molecule has 0 unspecified atom stereocenters. The number of furan rings is 1. The van der Waals surface area contributed by atoms with Crippen LogP contribution in [0.4, 0.5) is 0 Å². The summed E-state index contributed by atoms with van der Waals surface area (Å²) < 4.78 is 10.9. The number of rotatable bonds is 7. The first-order valence-corrected chi connectivity index (χ1v) is 10.7. The van der Waals surface area contributed by atoms with E-state index in [0.29, 0.717) is 16.5 Å². The highest BCUT2D eigenvalue weighted by atomic mass is 32.2. The van der Waals surface area contributed by atoms with E-state index in [1.165, 1.54) is 31.0 Å². The zero-order valence-electron chi connectivity index (χ0n) is 16.6. The normalized spacial score (nSPS) is 20.6. The zero-order valence-corrected chi connectivity index (χ0v) is 17.4. The fourth-order valence-electron chi connectivity index (χ4n) is 3.69. The molecule has 0 radical (unpaired) electrons. The van der Waals surface area contributed by atoms with Crippen LogP contribution in [0.3, 0.4) is 0 Å². The number of aryl methyl sites for hydroxylation is 1. The number of thioether (sulfide) groups is 1. The van der Waals surface area contributed by atoms with Gasteiger partial charge in [0.05, 0.1) is 17.6 Å². The molecule has 1 N–H and O–H groups in total. The second kappa shape index (κ2) is 8.50. The number of nitrogens with one attached hydrogen (secondary N) is 1. The van der Waals surface area contributed by atoms with Crippen molar-refractivity contribution in [3.8, 4) is 11.5 Å². The Labute approximate surface area is 164 Å². The van der Waals surface area contributed by atoms with E-state index in [2.05, 4.69) is 36.3 Å². The van der Waals surface area contributed by atoms with Crippen LogP contribution < -0.4 is 5.32 Å². The monoisotopic (exact) mass is 391 g/mol. The van der Waals surface area contributed by atoms with Gasteiger partial charge in [-0.1, -0.05) is 39.0 Å². The number of nitrogens with zero attached hydrogens (tertiary/aromatic N) is 2. The smallest absolute Gasteiger partial charge is 0.277 e. The molecule has 0 bridgehead atoms. The predicted octanol–water partition coefficient (Wildman–Crippen LogP) is 4.84. The molecule has 6 nitrogen and oxygen atoms in total. The van der Waals surface area contributed by atoms with Crippen LogP contribution in [0.15, 0.2) is 26.4 Å². The third kappa shape index (κ3) is 4.94.